The molecule has 0 saturated heterocycles. The molecule has 0 amide bonds. The van der Waals surface area contributed by atoms with E-state index >= 15 is 0 Å². The third-order valence-electron chi connectivity index (χ3n) is 2.02. The second-order valence-corrected chi connectivity index (χ2v) is 8.37. The van der Waals surface area contributed by atoms with Crippen LogP contribution in [-0.4, -0.2) is 11.5 Å². The Hall–Kier alpha value is 2.32. The molecule has 112 valence electrons. The van der Waals surface area contributed by atoms with Crippen LogP contribution in [0, 0.1) is 5.92 Å². The standard InChI is InChI=1S/C8H19O2PS2.4H2S/c1-3-5-6-8(4-2)7-10-11(9,12)13;;;;/h8H,3-7H2,1-2H3,(H2,9,12,13);4*1H2. The Kier molecular flexibility index (Phi) is 34.1. The van der Waals surface area contributed by atoms with Gasteiger partial charge in [-0.25, -0.2) is 0 Å². The third-order valence-corrected chi connectivity index (χ3v) is 3.17. The van der Waals surface area contributed by atoms with Crippen molar-refractivity contribution in [3.8, 4) is 0 Å². The highest BCUT2D eigenvalue weighted by molar-refractivity contribution is 8.59. The quantitative estimate of drug-likeness (QED) is 0.521. The lowest BCUT2D eigenvalue weighted by Crippen LogP contribution is -2.06. The van der Waals surface area contributed by atoms with Crippen LogP contribution in [0.1, 0.15) is 39.5 Å². The van der Waals surface area contributed by atoms with E-state index in [-0.39, 0.29) is 54.0 Å². The van der Waals surface area contributed by atoms with Gasteiger partial charge in [0.15, 0.2) is 0 Å². The maximum Gasteiger partial charge on any atom is 0.241 e. The average molecular weight is 379 g/mol. The Labute approximate surface area is 144 Å². The van der Waals surface area contributed by atoms with Crippen molar-refractivity contribution >= 4 is 83.7 Å². The summed E-state index contributed by atoms with van der Waals surface area (Å²) in [6.45, 7) is 4.85. The molecule has 0 aromatic carbocycles. The van der Waals surface area contributed by atoms with Crippen molar-refractivity contribution in [3.63, 3.8) is 0 Å². The number of rotatable bonds is 7. The molecule has 0 aromatic heterocycles. The van der Waals surface area contributed by atoms with Gasteiger partial charge in [0.2, 0.25) is 5.69 Å². The number of thiol groups is 1. The summed E-state index contributed by atoms with van der Waals surface area (Å²) in [5, 5.41) is 0. The zero-order valence-corrected chi connectivity index (χ0v) is 16.9. The molecule has 9 heteroatoms. The Morgan fingerprint density at radius 2 is 1.71 bits per heavy atom. The van der Waals surface area contributed by atoms with Crippen molar-refractivity contribution in [1.82, 2.24) is 0 Å². The van der Waals surface area contributed by atoms with Crippen molar-refractivity contribution in [2.24, 2.45) is 5.92 Å². The highest BCUT2D eigenvalue weighted by Gasteiger charge is 2.11. The fourth-order valence-electron chi connectivity index (χ4n) is 1.10. The van der Waals surface area contributed by atoms with Crippen LogP contribution in [0.2, 0.25) is 0 Å². The van der Waals surface area contributed by atoms with Crippen molar-refractivity contribution in [3.05, 3.63) is 0 Å². The van der Waals surface area contributed by atoms with Gasteiger partial charge in [-0.3, -0.25) is 0 Å². The highest BCUT2D eigenvalue weighted by atomic mass is 32.9. The van der Waals surface area contributed by atoms with Crippen molar-refractivity contribution in [2.45, 2.75) is 39.5 Å². The monoisotopic (exact) mass is 378 g/mol. The topological polar surface area (TPSA) is 29.5 Å². The zero-order valence-electron chi connectivity index (χ0n) is 10.3. The lowest BCUT2D eigenvalue weighted by atomic mass is 10.0. The van der Waals surface area contributed by atoms with E-state index in [1.54, 1.807) is 0 Å². The molecular formula is C8H27O2PS6. The van der Waals surface area contributed by atoms with Crippen LogP contribution in [0.15, 0.2) is 0 Å². The summed E-state index contributed by atoms with van der Waals surface area (Å²) in [5.41, 5.74) is -2.74. The molecule has 0 fully saturated rings. The first-order valence-corrected chi connectivity index (χ1v) is 8.52. The highest BCUT2D eigenvalue weighted by Crippen LogP contribution is 2.47. The molecule has 0 bridgehead atoms. The van der Waals surface area contributed by atoms with E-state index in [1.165, 1.54) is 12.8 Å². The second-order valence-electron chi connectivity index (χ2n) is 3.20. The van der Waals surface area contributed by atoms with Gasteiger partial charge in [0, 0.05) is 0 Å². The Morgan fingerprint density at radius 1 is 1.24 bits per heavy atom. The molecule has 17 heavy (non-hydrogen) atoms. The summed E-state index contributed by atoms with van der Waals surface area (Å²) in [5.74, 6) is 0.515. The fraction of sp³-hybridized carbons (Fsp3) is 1.00. The van der Waals surface area contributed by atoms with E-state index in [1.807, 2.05) is 0 Å². The van der Waals surface area contributed by atoms with E-state index < -0.39 is 5.69 Å². The van der Waals surface area contributed by atoms with Crippen LogP contribution in [0.3, 0.4) is 0 Å². The van der Waals surface area contributed by atoms with Gasteiger partial charge in [0.1, 0.15) is 0 Å². The summed E-state index contributed by atoms with van der Waals surface area (Å²) in [6, 6.07) is 0. The SMILES string of the molecule is CCCCC(CC)COP(O)(=S)S.S.S.S.S. The summed E-state index contributed by atoms with van der Waals surface area (Å²) in [7, 11) is 0. The van der Waals surface area contributed by atoms with E-state index in [9.17, 15) is 0 Å². The number of unbranched alkanes of at least 4 members (excludes halogenated alkanes) is 1. The molecule has 0 aliphatic heterocycles. The van der Waals surface area contributed by atoms with Gasteiger partial charge < -0.3 is 9.42 Å². The molecule has 0 heterocycles. The van der Waals surface area contributed by atoms with Crippen LogP contribution in [0.25, 0.3) is 0 Å². The minimum absolute atomic E-state index is 0. The molecule has 0 spiro atoms. The summed E-state index contributed by atoms with van der Waals surface area (Å²) in [4.78, 5) is 9.16. The molecule has 0 radical (unpaired) electrons. The van der Waals surface area contributed by atoms with Gasteiger partial charge in [0.25, 0.3) is 0 Å². The zero-order chi connectivity index (χ0) is 10.3. The summed E-state index contributed by atoms with van der Waals surface area (Å²) >= 11 is 8.49. The van der Waals surface area contributed by atoms with E-state index in [2.05, 4.69) is 37.9 Å². The molecule has 0 aliphatic carbocycles. The van der Waals surface area contributed by atoms with E-state index in [0.717, 1.165) is 12.8 Å². The molecule has 2 nitrogen and oxygen atoms in total. The molecular weight excluding hydrogens is 351 g/mol. The number of hydrogen-bond donors (Lipinski definition) is 2. The lowest BCUT2D eigenvalue weighted by Gasteiger charge is -2.16. The van der Waals surface area contributed by atoms with Gasteiger partial charge in [0.05, 0.1) is 6.61 Å². The van der Waals surface area contributed by atoms with Crippen molar-refractivity contribution in [2.75, 3.05) is 6.61 Å². The second kappa shape index (κ2) is 18.3. The molecule has 2 unspecified atom stereocenters. The molecule has 0 rings (SSSR count). The predicted molar refractivity (Wildman–Crippen MR) is 106 cm³/mol. The van der Waals surface area contributed by atoms with Crippen molar-refractivity contribution in [1.29, 1.82) is 0 Å². The lowest BCUT2D eigenvalue weighted by molar-refractivity contribution is 0.238. The molecule has 1 N–H and O–H groups in total. The molecule has 0 aliphatic rings. The fourth-order valence-corrected chi connectivity index (χ4v) is 1.89. The molecule has 0 saturated carbocycles. The summed E-state index contributed by atoms with van der Waals surface area (Å²) < 4.78 is 5.13. The van der Waals surface area contributed by atoms with Crippen LogP contribution < -0.4 is 0 Å². The normalized spacial score (nSPS) is 13.9. The van der Waals surface area contributed by atoms with E-state index in [4.69, 9.17) is 9.42 Å². The summed E-state index contributed by atoms with van der Waals surface area (Å²) in [6.07, 6.45) is 4.63. The largest absolute Gasteiger partial charge is 0.338 e. The van der Waals surface area contributed by atoms with Gasteiger partial charge in [-0.1, -0.05) is 45.4 Å². The molecule has 0 aromatic rings. The minimum atomic E-state index is -2.74. The first-order chi connectivity index (χ1) is 5.99. The first-order valence-electron chi connectivity index (χ1n) is 4.69. The molecule has 2 atom stereocenters. The van der Waals surface area contributed by atoms with Gasteiger partial charge in [-0.15, -0.1) is 0 Å². The average Bonchev–Trinajstić information content (AvgIpc) is 2.03. The van der Waals surface area contributed by atoms with Crippen LogP contribution in [0.4, 0.5) is 0 Å². The minimum Gasteiger partial charge on any atom is -0.338 e. The number of hydrogen-bond acceptors (Lipinski definition) is 2. The van der Waals surface area contributed by atoms with E-state index in [0.29, 0.717) is 12.5 Å². The third kappa shape index (κ3) is 23.8. The maximum absolute atomic E-state index is 9.16. The maximum atomic E-state index is 9.16. The Morgan fingerprint density at radius 3 is 2.00 bits per heavy atom. The first kappa shape index (κ1) is 31.6. The smallest absolute Gasteiger partial charge is 0.241 e. The van der Waals surface area contributed by atoms with Crippen molar-refractivity contribution < 1.29 is 9.42 Å². The van der Waals surface area contributed by atoms with Gasteiger partial charge >= 0.3 is 0 Å². The Balaban J connectivity index is -0.000000120. The van der Waals surface area contributed by atoms with Crippen LogP contribution in [0.5, 0.6) is 0 Å². The van der Waals surface area contributed by atoms with Gasteiger partial charge in [-0.2, -0.15) is 54.0 Å². The predicted octanol–water partition coefficient (Wildman–Crippen LogP) is 3.82. The van der Waals surface area contributed by atoms with Crippen LogP contribution in [-0.2, 0) is 16.3 Å². The van der Waals surface area contributed by atoms with Gasteiger partial charge in [-0.05, 0) is 24.1 Å². The Bertz CT molecular complexity index is 177. The van der Waals surface area contributed by atoms with Crippen LogP contribution >= 0.6 is 71.9 Å².